The molecule has 0 spiro atoms. The minimum Gasteiger partial charge on any atom is -0.462 e. The first-order valence-electron chi connectivity index (χ1n) is 3.50. The lowest BCUT2D eigenvalue weighted by molar-refractivity contribution is -0.122. The van der Waals surface area contributed by atoms with Crippen LogP contribution in [0.25, 0.3) is 0 Å². The van der Waals surface area contributed by atoms with E-state index in [2.05, 4.69) is 15.5 Å². The van der Waals surface area contributed by atoms with Gasteiger partial charge in [0.05, 0.1) is 0 Å². The fourth-order valence-electron chi connectivity index (χ4n) is 0.990. The van der Waals surface area contributed by atoms with Crippen molar-refractivity contribution >= 4 is 17.4 Å². The molecule has 0 bridgehead atoms. The van der Waals surface area contributed by atoms with Crippen LogP contribution in [0.5, 0.6) is 5.88 Å². The molecule has 12 heavy (non-hydrogen) atoms. The van der Waals surface area contributed by atoms with Gasteiger partial charge in [-0.25, -0.2) is 0 Å². The lowest BCUT2D eigenvalue weighted by Gasteiger charge is -2.18. The first-order chi connectivity index (χ1) is 5.68. The van der Waals surface area contributed by atoms with E-state index in [1.807, 2.05) is 0 Å². The Labute approximate surface area is 68.1 Å². The second kappa shape index (κ2) is 2.13. The van der Waals surface area contributed by atoms with Crippen LogP contribution in [-0.4, -0.2) is 22.2 Å². The van der Waals surface area contributed by atoms with Crippen molar-refractivity contribution in [1.82, 2.24) is 10.2 Å². The molecule has 1 amide bonds. The molecule has 0 saturated heterocycles. The zero-order valence-corrected chi connectivity index (χ0v) is 6.42. The van der Waals surface area contributed by atoms with Gasteiger partial charge in [-0.3, -0.25) is 9.89 Å². The summed E-state index contributed by atoms with van der Waals surface area (Å²) in [7, 11) is 0. The minimum atomic E-state index is -0.514. The fraction of sp³-hybridized carbons (Fsp3) is 0.333. The normalized spacial score (nSPS) is 21.1. The summed E-state index contributed by atoms with van der Waals surface area (Å²) in [5, 5.41) is 8.84. The predicted molar refractivity (Wildman–Crippen MR) is 41.7 cm³/mol. The number of nitrogen functional groups attached to an aromatic ring is 1. The number of anilines is 2. The summed E-state index contributed by atoms with van der Waals surface area (Å²) in [5.74, 6) is 0.445. The van der Waals surface area contributed by atoms with Crippen LogP contribution in [0.1, 0.15) is 6.92 Å². The number of H-pyrrole nitrogens is 1. The number of nitrogens with two attached hydrogens (primary N) is 1. The second-order valence-electron chi connectivity index (χ2n) is 2.57. The molecule has 0 aliphatic carbocycles. The van der Waals surface area contributed by atoms with E-state index in [1.165, 1.54) is 0 Å². The summed E-state index contributed by atoms with van der Waals surface area (Å²) in [6.45, 7) is 1.64. The number of ether oxygens (including phenoxy) is 1. The molecule has 2 heterocycles. The second-order valence-corrected chi connectivity index (χ2v) is 2.57. The molecule has 1 aliphatic heterocycles. The standard InChI is InChI=1S/C6H8N4O2/c1-2-5(11)8-3-4(7)9-10-6(3)12-2/h2H,1H3,(H,8,11)(H3,7,9,10). The van der Waals surface area contributed by atoms with E-state index in [-0.39, 0.29) is 5.91 Å². The monoisotopic (exact) mass is 168 g/mol. The Kier molecular flexibility index (Phi) is 1.24. The number of aromatic nitrogens is 2. The molecule has 0 fully saturated rings. The van der Waals surface area contributed by atoms with Crippen LogP contribution in [0.4, 0.5) is 11.5 Å². The summed E-state index contributed by atoms with van der Waals surface area (Å²) < 4.78 is 5.13. The lowest BCUT2D eigenvalue weighted by Crippen LogP contribution is -2.34. The summed E-state index contributed by atoms with van der Waals surface area (Å²) in [5.41, 5.74) is 5.89. The molecular formula is C6H8N4O2. The molecule has 2 rings (SSSR count). The summed E-state index contributed by atoms with van der Waals surface area (Å²) >= 11 is 0. The van der Waals surface area contributed by atoms with Gasteiger partial charge >= 0.3 is 0 Å². The number of hydrogen-bond donors (Lipinski definition) is 3. The molecule has 64 valence electrons. The van der Waals surface area contributed by atoms with Gasteiger partial charge in [0.15, 0.2) is 6.10 Å². The zero-order chi connectivity index (χ0) is 8.72. The number of carbonyl (C=O) groups is 1. The van der Waals surface area contributed by atoms with Crippen molar-refractivity contribution in [3.05, 3.63) is 0 Å². The highest BCUT2D eigenvalue weighted by Crippen LogP contribution is 2.31. The van der Waals surface area contributed by atoms with Crippen molar-refractivity contribution in [3.8, 4) is 5.88 Å². The largest absolute Gasteiger partial charge is 0.462 e. The molecule has 6 nitrogen and oxygen atoms in total. The molecule has 1 aliphatic rings. The van der Waals surface area contributed by atoms with E-state index in [4.69, 9.17) is 10.5 Å². The quantitative estimate of drug-likeness (QED) is 0.496. The number of fused-ring (bicyclic) bond motifs is 1. The van der Waals surface area contributed by atoms with Crippen LogP contribution in [0, 0.1) is 0 Å². The fourth-order valence-corrected chi connectivity index (χ4v) is 0.990. The smallest absolute Gasteiger partial charge is 0.265 e. The van der Waals surface area contributed by atoms with Crippen molar-refractivity contribution < 1.29 is 9.53 Å². The molecule has 0 aromatic carbocycles. The van der Waals surface area contributed by atoms with Crippen molar-refractivity contribution in [2.45, 2.75) is 13.0 Å². The van der Waals surface area contributed by atoms with E-state index >= 15 is 0 Å². The Morgan fingerprint density at radius 1 is 1.67 bits per heavy atom. The van der Waals surface area contributed by atoms with Gasteiger partial charge in [-0.05, 0) is 6.92 Å². The highest BCUT2D eigenvalue weighted by molar-refractivity contribution is 5.99. The number of nitrogens with one attached hydrogen (secondary N) is 2. The van der Waals surface area contributed by atoms with E-state index in [9.17, 15) is 4.79 Å². The van der Waals surface area contributed by atoms with Crippen molar-refractivity contribution in [2.24, 2.45) is 0 Å². The molecule has 1 aromatic heterocycles. The van der Waals surface area contributed by atoms with Gasteiger partial charge in [0.1, 0.15) is 11.5 Å². The number of aromatic amines is 1. The van der Waals surface area contributed by atoms with Gasteiger partial charge in [0.25, 0.3) is 11.8 Å². The summed E-state index contributed by atoms with van der Waals surface area (Å²) in [6, 6.07) is 0. The van der Waals surface area contributed by atoms with Crippen LogP contribution < -0.4 is 15.8 Å². The Balaban J connectivity index is 2.43. The van der Waals surface area contributed by atoms with Gasteiger partial charge in [0.2, 0.25) is 0 Å². The van der Waals surface area contributed by atoms with Crippen LogP contribution in [0.3, 0.4) is 0 Å². The Bertz CT molecular complexity index is 332. The molecule has 1 atom stereocenters. The third kappa shape index (κ3) is 0.810. The van der Waals surface area contributed by atoms with Gasteiger partial charge in [0, 0.05) is 0 Å². The molecule has 0 saturated carbocycles. The SMILES string of the molecule is CC1Oc2n[nH]c(N)c2NC1=O. The predicted octanol–water partition coefficient (Wildman–Crippen LogP) is -0.289. The van der Waals surface area contributed by atoms with E-state index in [0.29, 0.717) is 17.4 Å². The highest BCUT2D eigenvalue weighted by atomic mass is 16.5. The van der Waals surface area contributed by atoms with E-state index in [1.54, 1.807) is 6.92 Å². The van der Waals surface area contributed by atoms with Gasteiger partial charge in [-0.2, -0.15) is 0 Å². The lowest BCUT2D eigenvalue weighted by atomic mass is 10.3. The van der Waals surface area contributed by atoms with Gasteiger partial charge < -0.3 is 15.8 Å². The third-order valence-corrected chi connectivity index (χ3v) is 1.67. The first kappa shape index (κ1) is 6.96. The van der Waals surface area contributed by atoms with Crippen LogP contribution in [0.15, 0.2) is 0 Å². The number of nitrogens with zero attached hydrogens (tertiary/aromatic N) is 1. The average molecular weight is 168 g/mol. The van der Waals surface area contributed by atoms with Crippen LogP contribution in [0.2, 0.25) is 0 Å². The summed E-state index contributed by atoms with van der Waals surface area (Å²) in [4.78, 5) is 11.1. The molecular weight excluding hydrogens is 160 g/mol. The third-order valence-electron chi connectivity index (χ3n) is 1.67. The van der Waals surface area contributed by atoms with Crippen molar-refractivity contribution in [2.75, 3.05) is 11.1 Å². The van der Waals surface area contributed by atoms with Gasteiger partial charge in [-0.15, -0.1) is 5.10 Å². The number of hydrogen-bond acceptors (Lipinski definition) is 4. The number of rotatable bonds is 0. The van der Waals surface area contributed by atoms with Gasteiger partial charge in [-0.1, -0.05) is 0 Å². The first-order valence-corrected chi connectivity index (χ1v) is 3.50. The Hall–Kier alpha value is -1.72. The molecule has 0 radical (unpaired) electrons. The van der Waals surface area contributed by atoms with Crippen LogP contribution >= 0.6 is 0 Å². The average Bonchev–Trinajstić information content (AvgIpc) is 2.35. The van der Waals surface area contributed by atoms with Crippen molar-refractivity contribution in [1.29, 1.82) is 0 Å². The zero-order valence-electron chi connectivity index (χ0n) is 6.42. The van der Waals surface area contributed by atoms with Crippen LogP contribution in [-0.2, 0) is 4.79 Å². The minimum absolute atomic E-state index is 0.212. The van der Waals surface area contributed by atoms with E-state index < -0.39 is 6.10 Å². The number of amides is 1. The number of carbonyl (C=O) groups excluding carboxylic acids is 1. The molecule has 4 N–H and O–H groups in total. The van der Waals surface area contributed by atoms with Crippen molar-refractivity contribution in [3.63, 3.8) is 0 Å². The maximum atomic E-state index is 11.1. The van der Waals surface area contributed by atoms with E-state index in [0.717, 1.165) is 0 Å². The molecule has 1 unspecified atom stereocenters. The Morgan fingerprint density at radius 3 is 3.17 bits per heavy atom. The maximum Gasteiger partial charge on any atom is 0.265 e. The summed E-state index contributed by atoms with van der Waals surface area (Å²) in [6.07, 6.45) is -0.514. The molecule has 1 aromatic rings. The topological polar surface area (TPSA) is 93.0 Å². The highest BCUT2D eigenvalue weighted by Gasteiger charge is 2.27. The maximum absolute atomic E-state index is 11.1. The molecule has 6 heteroatoms. The Morgan fingerprint density at radius 2 is 2.42 bits per heavy atom.